The molecule has 4 nitrogen and oxygen atoms in total. The topological polar surface area (TPSA) is 52.6 Å². The van der Waals surface area contributed by atoms with Gasteiger partial charge < -0.3 is 4.43 Å². The molecular weight excluding hydrogens is 388 g/mol. The van der Waals surface area contributed by atoms with Crippen LogP contribution in [-0.2, 0) is 18.7 Å². The van der Waals surface area contributed by atoms with E-state index in [1.165, 1.54) is 10.4 Å². The van der Waals surface area contributed by atoms with Crippen LogP contribution in [0.4, 0.5) is 0 Å². The largest absolute Gasteiger partial charge is 0.407 e. The van der Waals surface area contributed by atoms with Crippen molar-refractivity contribution in [3.05, 3.63) is 60.7 Å². The van der Waals surface area contributed by atoms with Crippen LogP contribution in [0.3, 0.4) is 0 Å². The van der Waals surface area contributed by atoms with Gasteiger partial charge in [-0.1, -0.05) is 81.4 Å². The Kier molecular flexibility index (Phi) is 6.15. The van der Waals surface area contributed by atoms with Crippen LogP contribution in [0, 0.1) is 5.92 Å². The number of hydrogen-bond donors (Lipinski definition) is 0. The van der Waals surface area contributed by atoms with Gasteiger partial charge >= 0.3 is 0 Å². The molecule has 1 aliphatic rings. The summed E-state index contributed by atoms with van der Waals surface area (Å²) in [5.41, 5.74) is 0. The van der Waals surface area contributed by atoms with Crippen molar-refractivity contribution in [2.75, 3.05) is 12.9 Å². The molecule has 2 aromatic rings. The summed E-state index contributed by atoms with van der Waals surface area (Å²) < 4.78 is 34.6. The molecule has 3 rings (SSSR count). The summed E-state index contributed by atoms with van der Waals surface area (Å²) in [6.07, 6.45) is 2.36. The molecule has 0 amide bonds. The molecule has 0 aliphatic heterocycles. The van der Waals surface area contributed by atoms with E-state index < -0.39 is 18.4 Å². The molecule has 0 radical (unpaired) electrons. The minimum Gasteiger partial charge on any atom is -0.407 e. The lowest BCUT2D eigenvalue weighted by Gasteiger charge is -2.45. The zero-order valence-electron chi connectivity index (χ0n) is 17.1. The lowest BCUT2D eigenvalue weighted by Crippen LogP contribution is -2.67. The quantitative estimate of drug-likeness (QED) is 0.511. The second-order valence-corrected chi connectivity index (χ2v) is 14.6. The van der Waals surface area contributed by atoms with Gasteiger partial charge in [0.1, 0.15) is 0 Å². The van der Waals surface area contributed by atoms with E-state index in [4.69, 9.17) is 8.61 Å². The van der Waals surface area contributed by atoms with Gasteiger partial charge in [-0.2, -0.15) is 8.42 Å². The standard InChI is InChI=1S/C22H30O4SSi/c1-22(2,3)28(20-11-7-5-8-12-20,21-13-9-6-10-14-21)25-17-18-15-19(16-18)26-27(4,23)24/h5-14,18-19H,15-17H2,1-4H3. The Morgan fingerprint density at radius 1 is 0.929 bits per heavy atom. The summed E-state index contributed by atoms with van der Waals surface area (Å²) in [5.74, 6) is 0.327. The van der Waals surface area contributed by atoms with Gasteiger partial charge in [0.25, 0.3) is 18.4 Å². The van der Waals surface area contributed by atoms with Crippen LogP contribution in [0.2, 0.25) is 5.04 Å². The Morgan fingerprint density at radius 3 is 1.79 bits per heavy atom. The molecule has 6 heteroatoms. The molecule has 1 aliphatic carbocycles. The van der Waals surface area contributed by atoms with Crippen molar-refractivity contribution < 1.29 is 17.0 Å². The first-order chi connectivity index (χ1) is 13.1. The van der Waals surface area contributed by atoms with Crippen LogP contribution in [0.1, 0.15) is 33.6 Å². The van der Waals surface area contributed by atoms with Gasteiger partial charge in [-0.15, -0.1) is 0 Å². The average Bonchev–Trinajstić information content (AvgIpc) is 2.59. The summed E-state index contributed by atoms with van der Waals surface area (Å²) in [6, 6.07) is 21.1. The van der Waals surface area contributed by atoms with Crippen LogP contribution in [0.25, 0.3) is 0 Å². The maximum absolute atomic E-state index is 11.3. The number of benzene rings is 2. The predicted octanol–water partition coefficient (Wildman–Crippen LogP) is 3.32. The fraction of sp³-hybridized carbons (Fsp3) is 0.455. The predicted molar refractivity (Wildman–Crippen MR) is 116 cm³/mol. The molecule has 0 N–H and O–H groups in total. The summed E-state index contributed by atoms with van der Waals surface area (Å²) in [4.78, 5) is 0. The lowest BCUT2D eigenvalue weighted by molar-refractivity contribution is 0.0416. The van der Waals surface area contributed by atoms with Crippen molar-refractivity contribution in [2.24, 2.45) is 5.92 Å². The second kappa shape index (κ2) is 8.11. The monoisotopic (exact) mass is 418 g/mol. The zero-order chi connectivity index (χ0) is 20.4. The van der Waals surface area contributed by atoms with Crippen LogP contribution in [0.15, 0.2) is 60.7 Å². The van der Waals surface area contributed by atoms with Crippen LogP contribution >= 0.6 is 0 Å². The Hall–Kier alpha value is -1.47. The smallest absolute Gasteiger partial charge is 0.264 e. The molecule has 28 heavy (non-hydrogen) atoms. The highest BCUT2D eigenvalue weighted by Gasteiger charge is 2.50. The van der Waals surface area contributed by atoms with Crippen LogP contribution < -0.4 is 10.4 Å². The molecule has 0 saturated heterocycles. The highest BCUT2D eigenvalue weighted by atomic mass is 32.2. The molecule has 0 atom stereocenters. The van der Waals surface area contributed by atoms with Crippen molar-refractivity contribution in [2.45, 2.75) is 44.8 Å². The lowest BCUT2D eigenvalue weighted by atomic mass is 9.83. The minimum absolute atomic E-state index is 0.0535. The Labute approximate surface area is 170 Å². The second-order valence-electron chi connectivity index (χ2n) is 8.73. The first-order valence-electron chi connectivity index (χ1n) is 9.75. The number of hydrogen-bond acceptors (Lipinski definition) is 4. The summed E-state index contributed by atoms with van der Waals surface area (Å²) in [6.45, 7) is 7.40. The Balaban J connectivity index is 1.86. The van der Waals surface area contributed by atoms with Gasteiger partial charge in [-0.25, -0.2) is 0 Å². The molecule has 1 saturated carbocycles. The molecule has 2 aromatic carbocycles. The van der Waals surface area contributed by atoms with Crippen molar-refractivity contribution in [1.29, 1.82) is 0 Å². The summed E-state index contributed by atoms with van der Waals surface area (Å²) in [5, 5.41) is 2.47. The van der Waals surface area contributed by atoms with E-state index in [2.05, 4.69) is 69.3 Å². The van der Waals surface area contributed by atoms with E-state index in [9.17, 15) is 8.42 Å². The van der Waals surface area contributed by atoms with Crippen molar-refractivity contribution >= 4 is 28.8 Å². The highest BCUT2D eigenvalue weighted by Crippen LogP contribution is 2.39. The first kappa shape index (κ1) is 21.2. The third-order valence-corrected chi connectivity index (χ3v) is 11.1. The van der Waals surface area contributed by atoms with E-state index in [0.717, 1.165) is 19.1 Å². The van der Waals surface area contributed by atoms with Gasteiger partial charge in [-0.3, -0.25) is 4.18 Å². The van der Waals surface area contributed by atoms with Gasteiger partial charge in [0, 0.05) is 6.61 Å². The van der Waals surface area contributed by atoms with E-state index in [1.54, 1.807) is 0 Å². The third kappa shape index (κ3) is 4.57. The maximum atomic E-state index is 11.3. The summed E-state index contributed by atoms with van der Waals surface area (Å²) >= 11 is 0. The van der Waals surface area contributed by atoms with Crippen molar-refractivity contribution in [1.82, 2.24) is 0 Å². The highest BCUT2D eigenvalue weighted by molar-refractivity contribution is 7.86. The SMILES string of the molecule is CC(C)(C)[Si](OCC1CC(OS(C)(=O)=O)C1)(c1ccccc1)c1ccccc1. The van der Waals surface area contributed by atoms with E-state index >= 15 is 0 Å². The molecule has 0 unspecified atom stereocenters. The van der Waals surface area contributed by atoms with Gasteiger partial charge in [0.2, 0.25) is 0 Å². The fourth-order valence-corrected chi connectivity index (χ4v) is 9.43. The zero-order valence-corrected chi connectivity index (χ0v) is 18.9. The molecule has 0 aromatic heterocycles. The Bertz CT molecular complexity index is 830. The van der Waals surface area contributed by atoms with Gasteiger partial charge in [-0.05, 0) is 34.2 Å². The van der Waals surface area contributed by atoms with Gasteiger partial charge in [0.15, 0.2) is 0 Å². The minimum atomic E-state index is -3.39. The summed E-state index contributed by atoms with van der Waals surface area (Å²) in [7, 11) is -5.91. The Morgan fingerprint density at radius 2 is 1.39 bits per heavy atom. The molecule has 152 valence electrons. The first-order valence-corrected chi connectivity index (χ1v) is 13.5. The van der Waals surface area contributed by atoms with Crippen molar-refractivity contribution in [3.8, 4) is 0 Å². The fourth-order valence-electron chi connectivity index (χ4n) is 4.14. The van der Waals surface area contributed by atoms with E-state index in [-0.39, 0.29) is 11.1 Å². The van der Waals surface area contributed by atoms with Gasteiger partial charge in [0.05, 0.1) is 12.4 Å². The van der Waals surface area contributed by atoms with E-state index in [1.807, 2.05) is 12.1 Å². The normalized spacial score (nSPS) is 20.6. The third-order valence-electron chi connectivity index (χ3n) is 5.46. The van der Waals surface area contributed by atoms with Crippen molar-refractivity contribution in [3.63, 3.8) is 0 Å². The number of rotatable bonds is 7. The molecule has 0 bridgehead atoms. The average molecular weight is 419 g/mol. The molecule has 0 spiro atoms. The van der Waals surface area contributed by atoms with Crippen LogP contribution in [-0.4, -0.2) is 35.7 Å². The molecular formula is C22H30O4SSi. The van der Waals surface area contributed by atoms with E-state index in [0.29, 0.717) is 12.5 Å². The van der Waals surface area contributed by atoms with Crippen LogP contribution in [0.5, 0.6) is 0 Å². The molecule has 1 fully saturated rings. The molecule has 0 heterocycles. The maximum Gasteiger partial charge on any atom is 0.264 e.